The van der Waals surface area contributed by atoms with Gasteiger partial charge in [-0.15, -0.1) is 0 Å². The van der Waals surface area contributed by atoms with Gasteiger partial charge in [-0.1, -0.05) is 31.9 Å². The first kappa shape index (κ1) is 6.85. The predicted octanol–water partition coefficient (Wildman–Crippen LogP) is 3.14. The van der Waals surface area contributed by atoms with Gasteiger partial charge in [0, 0.05) is 0 Å². The number of rotatable bonds is 2. The molecule has 0 amide bonds. The van der Waals surface area contributed by atoms with E-state index in [-0.39, 0.29) is 0 Å². The second kappa shape index (κ2) is 3.05. The smallest absolute Gasteiger partial charge is 0.0294 e. The molecule has 0 radical (unpaired) electrons. The summed E-state index contributed by atoms with van der Waals surface area (Å²) in [4.78, 5) is 0. The van der Waals surface area contributed by atoms with Crippen LogP contribution in [0.5, 0.6) is 0 Å². The van der Waals surface area contributed by atoms with Crippen molar-refractivity contribution < 1.29 is 0 Å². The third-order valence-corrected chi connectivity index (χ3v) is 2.18. The minimum atomic E-state index is 0.988. The molecule has 1 unspecified atom stereocenters. The van der Waals surface area contributed by atoms with Gasteiger partial charge < -0.3 is 0 Å². The van der Waals surface area contributed by atoms with Crippen molar-refractivity contribution in [2.24, 2.45) is 5.92 Å². The van der Waals surface area contributed by atoms with E-state index < -0.39 is 0 Å². The van der Waals surface area contributed by atoms with Gasteiger partial charge in [0.2, 0.25) is 0 Å². The molecule has 0 N–H and O–H groups in total. The molecular weight excluding hydrogens is 108 g/mol. The van der Waals surface area contributed by atoms with Crippen molar-refractivity contribution >= 4 is 0 Å². The van der Waals surface area contributed by atoms with Crippen molar-refractivity contribution in [1.82, 2.24) is 0 Å². The fourth-order valence-corrected chi connectivity index (χ4v) is 1.68. The SMILES string of the molecule is C=C1CCC(CCC)C1. The van der Waals surface area contributed by atoms with Gasteiger partial charge in [-0.2, -0.15) is 0 Å². The molecule has 0 bridgehead atoms. The first-order chi connectivity index (χ1) is 4.33. The van der Waals surface area contributed by atoms with E-state index in [9.17, 15) is 0 Å². The maximum absolute atomic E-state index is 3.99. The third kappa shape index (κ3) is 1.85. The molecule has 0 nitrogen and oxygen atoms in total. The zero-order valence-corrected chi connectivity index (χ0v) is 6.32. The van der Waals surface area contributed by atoms with E-state index in [1.807, 2.05) is 0 Å². The Morgan fingerprint density at radius 3 is 2.89 bits per heavy atom. The molecule has 1 atom stereocenters. The van der Waals surface area contributed by atoms with Gasteiger partial charge in [0.1, 0.15) is 0 Å². The van der Waals surface area contributed by atoms with E-state index in [0.717, 1.165) is 5.92 Å². The second-order valence-electron chi connectivity index (χ2n) is 3.15. The van der Waals surface area contributed by atoms with Crippen LogP contribution in [0.3, 0.4) is 0 Å². The van der Waals surface area contributed by atoms with Gasteiger partial charge in [-0.3, -0.25) is 0 Å². The lowest BCUT2D eigenvalue weighted by Gasteiger charge is -2.03. The van der Waals surface area contributed by atoms with Crippen LogP contribution in [0.1, 0.15) is 39.0 Å². The zero-order valence-electron chi connectivity index (χ0n) is 6.32. The highest BCUT2D eigenvalue weighted by Crippen LogP contribution is 2.31. The summed E-state index contributed by atoms with van der Waals surface area (Å²) in [5.74, 6) is 0.988. The van der Waals surface area contributed by atoms with Crippen LogP contribution in [0.2, 0.25) is 0 Å². The van der Waals surface area contributed by atoms with Crippen molar-refractivity contribution in [1.29, 1.82) is 0 Å². The summed E-state index contributed by atoms with van der Waals surface area (Å²) in [6.07, 6.45) is 6.78. The number of hydrogen-bond donors (Lipinski definition) is 0. The molecule has 1 aliphatic carbocycles. The Morgan fingerprint density at radius 1 is 1.67 bits per heavy atom. The summed E-state index contributed by atoms with van der Waals surface area (Å²) in [6.45, 7) is 6.25. The first-order valence-electron chi connectivity index (χ1n) is 3.99. The molecule has 0 aliphatic heterocycles. The monoisotopic (exact) mass is 124 g/mol. The van der Waals surface area contributed by atoms with Crippen LogP contribution in [0.25, 0.3) is 0 Å². The standard InChI is InChI=1S/C9H16/c1-3-4-9-6-5-8(2)7-9/h9H,2-7H2,1H3. The molecule has 0 saturated heterocycles. The number of hydrogen-bond acceptors (Lipinski definition) is 0. The maximum Gasteiger partial charge on any atom is -0.0294 e. The van der Waals surface area contributed by atoms with E-state index in [0.29, 0.717) is 0 Å². The van der Waals surface area contributed by atoms with Crippen molar-refractivity contribution in [2.45, 2.75) is 39.0 Å². The highest BCUT2D eigenvalue weighted by molar-refractivity contribution is 5.01. The fraction of sp³-hybridized carbons (Fsp3) is 0.778. The lowest BCUT2D eigenvalue weighted by molar-refractivity contribution is 0.503. The zero-order chi connectivity index (χ0) is 6.69. The van der Waals surface area contributed by atoms with Crippen molar-refractivity contribution in [3.63, 3.8) is 0 Å². The largest absolute Gasteiger partial charge is 0.0999 e. The molecule has 0 aromatic heterocycles. The summed E-state index contributed by atoms with van der Waals surface area (Å²) in [6, 6.07) is 0. The van der Waals surface area contributed by atoms with Crippen molar-refractivity contribution in [2.75, 3.05) is 0 Å². The van der Waals surface area contributed by atoms with Crippen molar-refractivity contribution in [3.05, 3.63) is 12.2 Å². The average Bonchev–Trinajstić information content (AvgIpc) is 2.17. The molecule has 0 heterocycles. The summed E-state index contributed by atoms with van der Waals surface area (Å²) < 4.78 is 0. The molecule has 1 fully saturated rings. The minimum absolute atomic E-state index is 0.988. The molecule has 1 rings (SSSR count). The minimum Gasteiger partial charge on any atom is -0.0999 e. The molecule has 0 aromatic carbocycles. The van der Waals surface area contributed by atoms with Crippen LogP contribution in [-0.2, 0) is 0 Å². The van der Waals surface area contributed by atoms with Crippen LogP contribution >= 0.6 is 0 Å². The maximum atomic E-state index is 3.99. The topological polar surface area (TPSA) is 0 Å². The van der Waals surface area contributed by atoms with Crippen LogP contribution in [0, 0.1) is 5.92 Å². The predicted molar refractivity (Wildman–Crippen MR) is 41.4 cm³/mol. The third-order valence-electron chi connectivity index (χ3n) is 2.18. The van der Waals surface area contributed by atoms with E-state index in [4.69, 9.17) is 0 Å². The molecular formula is C9H16. The molecule has 1 aliphatic rings. The molecule has 9 heavy (non-hydrogen) atoms. The Labute approximate surface area is 58.0 Å². The summed E-state index contributed by atoms with van der Waals surface area (Å²) in [5, 5.41) is 0. The van der Waals surface area contributed by atoms with Gasteiger partial charge in [0.25, 0.3) is 0 Å². The average molecular weight is 124 g/mol. The highest BCUT2D eigenvalue weighted by Gasteiger charge is 2.15. The van der Waals surface area contributed by atoms with Crippen molar-refractivity contribution in [3.8, 4) is 0 Å². The van der Waals surface area contributed by atoms with E-state index in [2.05, 4.69) is 13.5 Å². The van der Waals surface area contributed by atoms with E-state index in [1.165, 1.54) is 37.7 Å². The summed E-state index contributed by atoms with van der Waals surface area (Å²) in [7, 11) is 0. The van der Waals surface area contributed by atoms with Gasteiger partial charge in [-0.25, -0.2) is 0 Å². The first-order valence-corrected chi connectivity index (χ1v) is 3.99. The van der Waals surface area contributed by atoms with E-state index >= 15 is 0 Å². The molecule has 0 spiro atoms. The summed E-state index contributed by atoms with van der Waals surface area (Å²) in [5.41, 5.74) is 1.48. The van der Waals surface area contributed by atoms with E-state index in [1.54, 1.807) is 0 Å². The van der Waals surface area contributed by atoms with Crippen LogP contribution < -0.4 is 0 Å². The second-order valence-corrected chi connectivity index (χ2v) is 3.15. The highest BCUT2D eigenvalue weighted by atomic mass is 14.2. The Morgan fingerprint density at radius 2 is 2.44 bits per heavy atom. The number of allylic oxidation sites excluding steroid dienone is 1. The Balaban J connectivity index is 2.22. The Hall–Kier alpha value is -0.260. The van der Waals surface area contributed by atoms with Crippen LogP contribution in [0.4, 0.5) is 0 Å². The van der Waals surface area contributed by atoms with Crippen LogP contribution in [0.15, 0.2) is 12.2 Å². The lowest BCUT2D eigenvalue weighted by atomic mass is 10.0. The molecule has 1 saturated carbocycles. The Kier molecular flexibility index (Phi) is 2.32. The molecule has 0 heteroatoms. The Bertz CT molecular complexity index is 103. The normalized spacial score (nSPS) is 27.2. The van der Waals surface area contributed by atoms with Gasteiger partial charge >= 0.3 is 0 Å². The van der Waals surface area contributed by atoms with Crippen LogP contribution in [-0.4, -0.2) is 0 Å². The van der Waals surface area contributed by atoms with Gasteiger partial charge in [0.05, 0.1) is 0 Å². The quantitative estimate of drug-likeness (QED) is 0.496. The summed E-state index contributed by atoms with van der Waals surface area (Å²) >= 11 is 0. The van der Waals surface area contributed by atoms with Gasteiger partial charge in [0.15, 0.2) is 0 Å². The molecule has 52 valence electrons. The lowest BCUT2D eigenvalue weighted by Crippen LogP contribution is -1.90. The fourth-order valence-electron chi connectivity index (χ4n) is 1.68. The molecule has 0 aromatic rings. The van der Waals surface area contributed by atoms with Gasteiger partial charge in [-0.05, 0) is 25.2 Å².